The van der Waals surface area contributed by atoms with E-state index < -0.39 is 0 Å². The monoisotopic (exact) mass is 415 g/mol. The summed E-state index contributed by atoms with van der Waals surface area (Å²) >= 11 is 0. The average Bonchev–Trinajstić information content (AvgIpc) is 3.27. The lowest BCUT2D eigenvalue weighted by Gasteiger charge is -2.13. The molecule has 2 N–H and O–H groups in total. The van der Waals surface area contributed by atoms with Crippen molar-refractivity contribution in [2.24, 2.45) is 0 Å². The summed E-state index contributed by atoms with van der Waals surface area (Å²) in [5.41, 5.74) is 1.53. The molecule has 0 spiro atoms. The van der Waals surface area contributed by atoms with Crippen LogP contribution in [0.25, 0.3) is 11.3 Å². The topological polar surface area (TPSA) is 94.7 Å². The van der Waals surface area contributed by atoms with Crippen molar-refractivity contribution < 1.29 is 28.1 Å². The molecule has 2 aromatic carbocycles. The van der Waals surface area contributed by atoms with Gasteiger partial charge in [-0.1, -0.05) is 0 Å². The van der Waals surface area contributed by atoms with Crippen molar-refractivity contribution in [3.63, 3.8) is 0 Å². The predicted octanol–water partition coefficient (Wildman–Crippen LogP) is 3.05. The van der Waals surface area contributed by atoms with Crippen LogP contribution >= 0.6 is 0 Å². The van der Waals surface area contributed by atoms with Gasteiger partial charge in [-0.15, -0.1) is 0 Å². The zero-order chi connectivity index (χ0) is 21.5. The zero-order valence-electron chi connectivity index (χ0n) is 16.8. The summed E-state index contributed by atoms with van der Waals surface area (Å²) in [6.07, 6.45) is 0. The first kappa shape index (κ1) is 21.0. The SMILES string of the molecule is COc1cc(-c2cc(C(=O)NCCOc3ccc(F)cc3)[nH]n2)cc(OC)c1OC. The molecule has 3 rings (SSSR count). The van der Waals surface area contributed by atoms with Gasteiger partial charge in [0.05, 0.1) is 33.6 Å². The van der Waals surface area contributed by atoms with Crippen LogP contribution in [0.4, 0.5) is 4.39 Å². The second-order valence-corrected chi connectivity index (χ2v) is 6.14. The van der Waals surface area contributed by atoms with E-state index in [9.17, 15) is 9.18 Å². The van der Waals surface area contributed by atoms with Gasteiger partial charge in [-0.05, 0) is 42.5 Å². The molecule has 0 fully saturated rings. The summed E-state index contributed by atoms with van der Waals surface area (Å²) in [6.45, 7) is 0.514. The van der Waals surface area contributed by atoms with Crippen LogP contribution in [0.15, 0.2) is 42.5 Å². The molecule has 1 heterocycles. The minimum atomic E-state index is -0.335. The summed E-state index contributed by atoms with van der Waals surface area (Å²) in [5, 5.41) is 9.64. The Labute approximate surface area is 172 Å². The summed E-state index contributed by atoms with van der Waals surface area (Å²) in [5.74, 6) is 1.30. The first-order chi connectivity index (χ1) is 14.5. The molecule has 9 heteroatoms. The number of ether oxygens (including phenoxy) is 4. The number of hydrogen-bond acceptors (Lipinski definition) is 6. The third-order valence-electron chi connectivity index (χ3n) is 4.25. The second kappa shape index (κ2) is 9.64. The smallest absolute Gasteiger partial charge is 0.269 e. The fraction of sp³-hybridized carbons (Fsp3) is 0.238. The molecule has 0 aliphatic carbocycles. The van der Waals surface area contributed by atoms with Crippen molar-refractivity contribution in [1.82, 2.24) is 15.5 Å². The van der Waals surface area contributed by atoms with Crippen LogP contribution in [0.5, 0.6) is 23.0 Å². The molecule has 0 radical (unpaired) electrons. The number of carbonyl (C=O) groups excluding carboxylic acids is 1. The molecule has 0 aliphatic rings. The zero-order valence-corrected chi connectivity index (χ0v) is 16.8. The molecule has 0 bridgehead atoms. The Morgan fingerprint density at radius 3 is 2.30 bits per heavy atom. The van der Waals surface area contributed by atoms with Gasteiger partial charge in [0.1, 0.15) is 23.9 Å². The number of amides is 1. The van der Waals surface area contributed by atoms with Gasteiger partial charge in [-0.2, -0.15) is 5.10 Å². The van der Waals surface area contributed by atoms with Crippen molar-refractivity contribution in [3.8, 4) is 34.3 Å². The van der Waals surface area contributed by atoms with Crippen LogP contribution in [0.1, 0.15) is 10.5 Å². The third-order valence-corrected chi connectivity index (χ3v) is 4.25. The Morgan fingerprint density at radius 2 is 1.70 bits per heavy atom. The minimum Gasteiger partial charge on any atom is -0.493 e. The minimum absolute atomic E-state index is 0.241. The molecule has 1 aromatic heterocycles. The summed E-state index contributed by atoms with van der Waals surface area (Å²) < 4.78 is 34.3. The van der Waals surface area contributed by atoms with E-state index >= 15 is 0 Å². The number of aromatic amines is 1. The highest BCUT2D eigenvalue weighted by atomic mass is 19.1. The molecular formula is C21H22FN3O5. The van der Waals surface area contributed by atoms with Crippen LogP contribution < -0.4 is 24.3 Å². The van der Waals surface area contributed by atoms with Crippen LogP contribution in [0.2, 0.25) is 0 Å². The molecule has 3 aromatic rings. The quantitative estimate of drug-likeness (QED) is 0.522. The Morgan fingerprint density at radius 1 is 1.03 bits per heavy atom. The number of methoxy groups -OCH3 is 3. The summed E-state index contributed by atoms with van der Waals surface area (Å²) in [4.78, 5) is 12.3. The fourth-order valence-electron chi connectivity index (χ4n) is 2.77. The molecule has 0 saturated carbocycles. The lowest BCUT2D eigenvalue weighted by atomic mass is 10.1. The Bertz CT molecular complexity index is 979. The Balaban J connectivity index is 1.62. The molecule has 0 aliphatic heterocycles. The molecule has 0 unspecified atom stereocenters. The maximum absolute atomic E-state index is 12.9. The lowest BCUT2D eigenvalue weighted by molar-refractivity contribution is 0.0942. The number of hydrogen-bond donors (Lipinski definition) is 2. The van der Waals surface area contributed by atoms with Gasteiger partial charge < -0.3 is 24.3 Å². The number of nitrogens with one attached hydrogen (secondary N) is 2. The fourth-order valence-corrected chi connectivity index (χ4v) is 2.77. The van der Waals surface area contributed by atoms with Gasteiger partial charge in [0.2, 0.25) is 5.75 Å². The van der Waals surface area contributed by atoms with Crippen LogP contribution in [0, 0.1) is 5.82 Å². The maximum Gasteiger partial charge on any atom is 0.269 e. The van der Waals surface area contributed by atoms with E-state index in [0.717, 1.165) is 0 Å². The molecule has 1 amide bonds. The highest BCUT2D eigenvalue weighted by molar-refractivity contribution is 5.93. The van der Waals surface area contributed by atoms with E-state index in [2.05, 4.69) is 15.5 Å². The van der Waals surface area contributed by atoms with Crippen molar-refractivity contribution in [2.75, 3.05) is 34.5 Å². The van der Waals surface area contributed by atoms with E-state index in [0.29, 0.717) is 39.9 Å². The highest BCUT2D eigenvalue weighted by Gasteiger charge is 2.17. The number of nitrogens with zero attached hydrogens (tertiary/aromatic N) is 1. The molecule has 30 heavy (non-hydrogen) atoms. The average molecular weight is 415 g/mol. The van der Waals surface area contributed by atoms with E-state index in [1.165, 1.54) is 45.6 Å². The van der Waals surface area contributed by atoms with Crippen molar-refractivity contribution in [1.29, 1.82) is 0 Å². The number of H-pyrrole nitrogens is 1. The van der Waals surface area contributed by atoms with Crippen molar-refractivity contribution in [3.05, 3.63) is 54.0 Å². The van der Waals surface area contributed by atoms with E-state index in [-0.39, 0.29) is 24.9 Å². The van der Waals surface area contributed by atoms with Crippen LogP contribution in [-0.2, 0) is 0 Å². The third kappa shape index (κ3) is 4.80. The van der Waals surface area contributed by atoms with Gasteiger partial charge in [-0.25, -0.2) is 4.39 Å². The van der Waals surface area contributed by atoms with Gasteiger partial charge in [-0.3, -0.25) is 9.89 Å². The number of rotatable bonds is 9. The summed E-state index contributed by atoms with van der Waals surface area (Å²) in [7, 11) is 4.58. The number of benzene rings is 2. The van der Waals surface area contributed by atoms with Gasteiger partial charge >= 0.3 is 0 Å². The van der Waals surface area contributed by atoms with Crippen molar-refractivity contribution >= 4 is 5.91 Å². The van der Waals surface area contributed by atoms with Gasteiger partial charge in [0.15, 0.2) is 11.5 Å². The van der Waals surface area contributed by atoms with E-state index in [4.69, 9.17) is 18.9 Å². The lowest BCUT2D eigenvalue weighted by Crippen LogP contribution is -2.28. The summed E-state index contributed by atoms with van der Waals surface area (Å²) in [6, 6.07) is 10.8. The second-order valence-electron chi connectivity index (χ2n) is 6.14. The first-order valence-electron chi connectivity index (χ1n) is 9.08. The molecule has 0 saturated heterocycles. The largest absolute Gasteiger partial charge is 0.493 e. The van der Waals surface area contributed by atoms with E-state index in [1.807, 2.05) is 0 Å². The number of carbonyl (C=O) groups is 1. The maximum atomic E-state index is 12.9. The highest BCUT2D eigenvalue weighted by Crippen LogP contribution is 2.40. The molecule has 0 atom stereocenters. The number of aromatic nitrogens is 2. The Kier molecular flexibility index (Phi) is 6.74. The van der Waals surface area contributed by atoms with Crippen LogP contribution in [0.3, 0.4) is 0 Å². The Hall–Kier alpha value is -3.75. The number of halogens is 1. The molecular weight excluding hydrogens is 393 g/mol. The predicted molar refractivity (Wildman–Crippen MR) is 108 cm³/mol. The standard InChI is InChI=1S/C21H22FN3O5/c1-27-18-10-13(11-19(28-2)20(18)29-3)16-12-17(25-24-16)21(26)23-8-9-30-15-6-4-14(22)5-7-15/h4-7,10-12H,8-9H2,1-3H3,(H,23,26)(H,24,25). The molecule has 8 nitrogen and oxygen atoms in total. The van der Waals surface area contributed by atoms with Gasteiger partial charge in [0, 0.05) is 5.56 Å². The molecule has 158 valence electrons. The van der Waals surface area contributed by atoms with Crippen molar-refractivity contribution in [2.45, 2.75) is 0 Å². The normalized spacial score (nSPS) is 10.4. The van der Waals surface area contributed by atoms with E-state index in [1.54, 1.807) is 18.2 Å². The first-order valence-corrected chi connectivity index (χ1v) is 9.08. The van der Waals surface area contributed by atoms with Gasteiger partial charge in [0.25, 0.3) is 5.91 Å². The van der Waals surface area contributed by atoms with Crippen LogP contribution in [-0.4, -0.2) is 50.6 Å².